The van der Waals surface area contributed by atoms with Gasteiger partial charge in [0.25, 0.3) is 0 Å². The molecule has 0 bridgehead atoms. The van der Waals surface area contributed by atoms with Crippen molar-refractivity contribution in [2.75, 3.05) is 7.11 Å². The second-order valence-electron chi connectivity index (χ2n) is 3.11. The molecular weight excluding hydrogens is 248 g/mol. The molecule has 0 spiro atoms. The van der Waals surface area contributed by atoms with Crippen molar-refractivity contribution in [2.24, 2.45) is 0 Å². The van der Waals surface area contributed by atoms with E-state index in [0.717, 1.165) is 11.1 Å². The molecule has 1 aromatic carbocycles. The first-order valence-electron chi connectivity index (χ1n) is 7.48. The largest absolute Gasteiger partial charge is 0.466 e. The summed E-state index contributed by atoms with van der Waals surface area (Å²) in [6.45, 7) is 15.7. The van der Waals surface area contributed by atoms with Crippen molar-refractivity contribution >= 4 is 11.5 Å². The van der Waals surface area contributed by atoms with Crippen LogP contribution in [0.1, 0.15) is 61.0 Å². The lowest BCUT2D eigenvalue weighted by atomic mass is 10.0. The molecule has 1 rings (SSSR count). The van der Waals surface area contributed by atoms with E-state index < -0.39 is 0 Å². The second-order valence-corrected chi connectivity index (χ2v) is 3.11. The fourth-order valence-corrected chi connectivity index (χ4v) is 1.21. The molecule has 0 N–H and O–H groups in total. The van der Waals surface area contributed by atoms with Gasteiger partial charge in [-0.15, -0.1) is 0 Å². The Bertz CT molecular complexity index is 351. The summed E-state index contributed by atoms with van der Waals surface area (Å²) >= 11 is 0. The molecule has 0 aliphatic rings. The maximum Gasteiger partial charge on any atom is 0.333 e. The van der Waals surface area contributed by atoms with Crippen LogP contribution in [0.3, 0.4) is 0 Å². The fourth-order valence-electron chi connectivity index (χ4n) is 1.21. The first kappa shape index (κ1) is 23.5. The lowest BCUT2D eigenvalue weighted by Gasteiger charge is -2.05. The summed E-state index contributed by atoms with van der Waals surface area (Å²) in [5.74, 6) is -0.272. The van der Waals surface area contributed by atoms with E-state index in [9.17, 15) is 4.79 Å². The van der Waals surface area contributed by atoms with Crippen molar-refractivity contribution in [3.8, 4) is 0 Å². The topological polar surface area (TPSA) is 26.3 Å². The van der Waals surface area contributed by atoms with Crippen LogP contribution in [0, 0.1) is 0 Å². The van der Waals surface area contributed by atoms with Gasteiger partial charge in [0.15, 0.2) is 0 Å². The minimum atomic E-state index is -0.272. The van der Waals surface area contributed by atoms with Crippen LogP contribution in [0.4, 0.5) is 0 Å². The van der Waals surface area contributed by atoms with E-state index in [-0.39, 0.29) is 5.97 Å². The van der Waals surface area contributed by atoms with E-state index in [1.165, 1.54) is 7.11 Å². The lowest BCUT2D eigenvalue weighted by molar-refractivity contribution is -0.135. The van der Waals surface area contributed by atoms with E-state index in [1.54, 1.807) is 6.92 Å². The third-order valence-electron chi connectivity index (χ3n) is 2.26. The van der Waals surface area contributed by atoms with Gasteiger partial charge in [0, 0.05) is 5.57 Å². The molecule has 1 aromatic rings. The molecule has 0 radical (unpaired) electrons. The molecule has 0 aliphatic heterocycles. The predicted molar refractivity (Wildman–Crippen MR) is 90.8 cm³/mol. The van der Waals surface area contributed by atoms with Gasteiger partial charge in [0.2, 0.25) is 0 Å². The Morgan fingerprint density at radius 2 is 1.25 bits per heavy atom. The molecule has 116 valence electrons. The SMILES string of the molecule is CC.CC.CC.COC(=O)/C(C)=C(\C)c1ccccc1. The number of esters is 1. The molecule has 2 nitrogen and oxygen atoms in total. The third kappa shape index (κ3) is 9.37. The van der Waals surface area contributed by atoms with E-state index in [2.05, 4.69) is 4.74 Å². The Kier molecular flexibility index (Phi) is 20.5. The van der Waals surface area contributed by atoms with Crippen molar-refractivity contribution in [3.05, 3.63) is 41.5 Å². The second kappa shape index (κ2) is 17.4. The molecule has 0 saturated heterocycles. The maximum atomic E-state index is 11.2. The van der Waals surface area contributed by atoms with Crippen molar-refractivity contribution in [1.82, 2.24) is 0 Å². The van der Waals surface area contributed by atoms with Gasteiger partial charge in [-0.05, 0) is 25.0 Å². The number of hydrogen-bond donors (Lipinski definition) is 0. The lowest BCUT2D eigenvalue weighted by Crippen LogP contribution is -2.03. The molecule has 0 amide bonds. The third-order valence-corrected chi connectivity index (χ3v) is 2.26. The molecule has 0 aromatic heterocycles. The van der Waals surface area contributed by atoms with Crippen LogP contribution in [0.15, 0.2) is 35.9 Å². The highest BCUT2D eigenvalue weighted by atomic mass is 16.5. The van der Waals surface area contributed by atoms with Crippen molar-refractivity contribution in [1.29, 1.82) is 0 Å². The van der Waals surface area contributed by atoms with E-state index in [1.807, 2.05) is 78.8 Å². The smallest absolute Gasteiger partial charge is 0.333 e. The Labute approximate surface area is 125 Å². The molecule has 0 aliphatic carbocycles. The van der Waals surface area contributed by atoms with Crippen LogP contribution in [-0.4, -0.2) is 13.1 Å². The van der Waals surface area contributed by atoms with Crippen LogP contribution < -0.4 is 0 Å². The van der Waals surface area contributed by atoms with Crippen molar-refractivity contribution in [2.45, 2.75) is 55.4 Å². The van der Waals surface area contributed by atoms with Gasteiger partial charge in [-0.2, -0.15) is 0 Å². The van der Waals surface area contributed by atoms with E-state index >= 15 is 0 Å². The summed E-state index contributed by atoms with van der Waals surface area (Å²) in [6, 6.07) is 9.79. The zero-order chi connectivity index (χ0) is 16.6. The number of carbonyl (C=O) groups is 1. The molecule has 0 heterocycles. The highest BCUT2D eigenvalue weighted by Gasteiger charge is 2.08. The first-order valence-corrected chi connectivity index (χ1v) is 7.48. The summed E-state index contributed by atoms with van der Waals surface area (Å²) in [5.41, 5.74) is 2.66. The number of allylic oxidation sites excluding steroid dienone is 1. The van der Waals surface area contributed by atoms with Crippen LogP contribution in [-0.2, 0) is 9.53 Å². The van der Waals surface area contributed by atoms with Gasteiger partial charge in [-0.3, -0.25) is 0 Å². The average molecular weight is 280 g/mol. The Hall–Kier alpha value is -1.57. The highest BCUT2D eigenvalue weighted by molar-refractivity contribution is 5.96. The standard InChI is InChI=1S/C12H14O2.3C2H6/c1-9(10(2)12(13)14-3)11-7-5-4-6-8-11;3*1-2/h4-8H,1-3H3;3*1-2H3/b10-9+;;;. The fraction of sp³-hybridized carbons (Fsp3) is 0.500. The van der Waals surface area contributed by atoms with Gasteiger partial charge in [0.1, 0.15) is 0 Å². The first-order chi connectivity index (χ1) is 9.66. The zero-order valence-corrected chi connectivity index (χ0v) is 14.7. The monoisotopic (exact) mass is 280 g/mol. The van der Waals surface area contributed by atoms with E-state index in [4.69, 9.17) is 0 Å². The molecule has 0 saturated carbocycles. The number of rotatable bonds is 2. The van der Waals surface area contributed by atoms with Gasteiger partial charge < -0.3 is 4.74 Å². The Morgan fingerprint density at radius 1 is 0.850 bits per heavy atom. The zero-order valence-electron chi connectivity index (χ0n) is 14.7. The van der Waals surface area contributed by atoms with Crippen LogP contribution >= 0.6 is 0 Å². The Balaban J connectivity index is -0.000000425. The van der Waals surface area contributed by atoms with Gasteiger partial charge >= 0.3 is 5.97 Å². The van der Waals surface area contributed by atoms with Crippen LogP contribution in [0.5, 0.6) is 0 Å². The van der Waals surface area contributed by atoms with Gasteiger partial charge in [-0.25, -0.2) is 4.79 Å². The van der Waals surface area contributed by atoms with Crippen molar-refractivity contribution < 1.29 is 9.53 Å². The number of hydrogen-bond acceptors (Lipinski definition) is 2. The average Bonchev–Trinajstić information content (AvgIpc) is 2.59. The van der Waals surface area contributed by atoms with Gasteiger partial charge in [0.05, 0.1) is 7.11 Å². The molecule has 2 heteroatoms. The van der Waals surface area contributed by atoms with Gasteiger partial charge in [-0.1, -0.05) is 71.9 Å². The minimum absolute atomic E-state index is 0.272. The molecule has 0 atom stereocenters. The summed E-state index contributed by atoms with van der Waals surface area (Å²) in [5, 5.41) is 0. The predicted octanol–water partition coefficient (Wildman–Crippen LogP) is 5.73. The maximum absolute atomic E-state index is 11.2. The summed E-state index contributed by atoms with van der Waals surface area (Å²) in [4.78, 5) is 11.2. The molecule has 0 unspecified atom stereocenters. The number of methoxy groups -OCH3 is 1. The van der Waals surface area contributed by atoms with Crippen LogP contribution in [0.2, 0.25) is 0 Å². The molecule has 0 fully saturated rings. The number of ether oxygens (including phenoxy) is 1. The number of benzene rings is 1. The number of carbonyl (C=O) groups excluding carboxylic acids is 1. The minimum Gasteiger partial charge on any atom is -0.466 e. The summed E-state index contributed by atoms with van der Waals surface area (Å²) < 4.78 is 4.66. The normalized spacial score (nSPS) is 9.25. The van der Waals surface area contributed by atoms with Crippen molar-refractivity contribution in [3.63, 3.8) is 0 Å². The highest BCUT2D eigenvalue weighted by Crippen LogP contribution is 2.18. The summed E-state index contributed by atoms with van der Waals surface area (Å²) in [7, 11) is 1.39. The molecule has 20 heavy (non-hydrogen) atoms. The summed E-state index contributed by atoms with van der Waals surface area (Å²) in [6.07, 6.45) is 0. The quantitative estimate of drug-likeness (QED) is 0.510. The van der Waals surface area contributed by atoms with E-state index in [0.29, 0.717) is 5.57 Å². The van der Waals surface area contributed by atoms with Crippen LogP contribution in [0.25, 0.3) is 5.57 Å². The molecular formula is C18H32O2. The Morgan fingerprint density at radius 3 is 1.60 bits per heavy atom.